The molecule has 0 spiro atoms. The van der Waals surface area contributed by atoms with Gasteiger partial charge in [0.1, 0.15) is 16.6 Å². The van der Waals surface area contributed by atoms with E-state index in [1.807, 2.05) is 0 Å². The van der Waals surface area contributed by atoms with Crippen LogP contribution in [0.4, 0.5) is 5.00 Å². The zero-order valence-electron chi connectivity index (χ0n) is 8.74. The molecule has 0 bridgehead atoms. The summed E-state index contributed by atoms with van der Waals surface area (Å²) in [5.74, 6) is 1.61. The molecule has 0 aromatic carbocycles. The molecule has 1 aromatic rings. The third-order valence-corrected chi connectivity index (χ3v) is 4.47. The minimum absolute atomic E-state index is 0.334. The van der Waals surface area contributed by atoms with Crippen LogP contribution in [0.25, 0.3) is 0 Å². The van der Waals surface area contributed by atoms with Crippen LogP contribution in [-0.4, -0.2) is 10.4 Å². The van der Waals surface area contributed by atoms with Gasteiger partial charge in [-0.15, -0.1) is 0 Å². The van der Waals surface area contributed by atoms with Crippen molar-refractivity contribution in [1.82, 2.24) is 4.37 Å². The highest BCUT2D eigenvalue weighted by Crippen LogP contribution is 2.46. The Morgan fingerprint density at radius 3 is 2.50 bits per heavy atom. The highest BCUT2D eigenvalue weighted by molar-refractivity contribution is 7.10. The number of rotatable bonds is 4. The van der Waals surface area contributed by atoms with Crippen molar-refractivity contribution in [2.24, 2.45) is 11.8 Å². The van der Waals surface area contributed by atoms with E-state index in [9.17, 15) is 0 Å². The Hall–Kier alpha value is -0.790. The molecule has 0 amide bonds. The Labute approximate surface area is 104 Å². The van der Waals surface area contributed by atoms with E-state index in [-0.39, 0.29) is 0 Å². The van der Waals surface area contributed by atoms with Crippen molar-refractivity contribution in [3.05, 3.63) is 10.7 Å². The fraction of sp³-hybridized carbons (Fsp3) is 0.636. The highest BCUT2D eigenvalue weighted by Gasteiger charge is 2.41. The molecule has 0 aliphatic heterocycles. The van der Waals surface area contributed by atoms with Gasteiger partial charge in [-0.2, -0.15) is 9.64 Å². The van der Waals surface area contributed by atoms with Crippen molar-refractivity contribution < 1.29 is 0 Å². The molecule has 0 saturated heterocycles. The van der Waals surface area contributed by atoms with E-state index >= 15 is 0 Å². The molecule has 0 atom stereocenters. The number of nitrogens with zero attached hydrogens (tertiary/aromatic N) is 2. The van der Waals surface area contributed by atoms with E-state index in [0.717, 1.165) is 16.8 Å². The van der Waals surface area contributed by atoms with Gasteiger partial charge in [0.05, 0.1) is 0 Å². The fourth-order valence-corrected chi connectivity index (χ4v) is 3.13. The third-order valence-electron chi connectivity index (χ3n) is 3.32. The van der Waals surface area contributed by atoms with Crippen LogP contribution in [0, 0.1) is 23.2 Å². The van der Waals surface area contributed by atoms with Crippen molar-refractivity contribution in [2.45, 2.75) is 31.7 Å². The average molecular weight is 254 g/mol. The van der Waals surface area contributed by atoms with Crippen LogP contribution in [-0.2, 0) is 0 Å². The zero-order chi connectivity index (χ0) is 11.1. The molecular formula is C11H12ClN3S. The van der Waals surface area contributed by atoms with Crippen LogP contribution < -0.4 is 5.32 Å². The molecule has 2 aliphatic rings. The molecule has 2 fully saturated rings. The predicted molar refractivity (Wildman–Crippen MR) is 64.7 cm³/mol. The molecule has 3 rings (SSSR count). The molecule has 16 heavy (non-hydrogen) atoms. The second-order valence-corrected chi connectivity index (χ2v) is 5.77. The second kappa shape index (κ2) is 3.90. The number of nitriles is 1. The van der Waals surface area contributed by atoms with Gasteiger partial charge >= 0.3 is 0 Å². The lowest BCUT2D eigenvalue weighted by molar-refractivity contribution is 0.569. The number of anilines is 1. The molecule has 1 aromatic heterocycles. The fourth-order valence-electron chi connectivity index (χ4n) is 2.15. The van der Waals surface area contributed by atoms with Crippen LogP contribution in [0.2, 0.25) is 5.15 Å². The van der Waals surface area contributed by atoms with E-state index in [2.05, 4.69) is 15.8 Å². The number of hydrogen-bond donors (Lipinski definition) is 1. The summed E-state index contributed by atoms with van der Waals surface area (Å²) >= 11 is 7.16. The summed E-state index contributed by atoms with van der Waals surface area (Å²) in [6.07, 6.45) is 5.29. The Bertz CT molecular complexity index is 431. The number of halogens is 1. The molecule has 2 saturated carbocycles. The largest absolute Gasteiger partial charge is 0.371 e. The molecule has 1 heterocycles. The molecule has 0 radical (unpaired) electrons. The number of aromatic nitrogens is 1. The summed E-state index contributed by atoms with van der Waals surface area (Å²) in [4.78, 5) is 0. The highest BCUT2D eigenvalue weighted by atomic mass is 35.5. The van der Waals surface area contributed by atoms with Gasteiger partial charge in [-0.05, 0) is 49.1 Å². The van der Waals surface area contributed by atoms with Gasteiger partial charge in [-0.25, -0.2) is 0 Å². The lowest BCUT2D eigenvalue weighted by Gasteiger charge is -2.17. The first-order valence-corrected chi connectivity index (χ1v) is 6.76. The van der Waals surface area contributed by atoms with E-state index in [4.69, 9.17) is 16.9 Å². The van der Waals surface area contributed by atoms with Crippen LogP contribution in [0.1, 0.15) is 31.2 Å². The summed E-state index contributed by atoms with van der Waals surface area (Å²) in [6, 6.07) is 2.67. The summed E-state index contributed by atoms with van der Waals surface area (Å²) < 4.78 is 4.02. The van der Waals surface area contributed by atoms with Crippen molar-refractivity contribution >= 4 is 28.1 Å². The molecule has 5 heteroatoms. The SMILES string of the molecule is N#Cc1c(Cl)nsc1NC(C1CC1)C1CC1. The Kier molecular flexibility index (Phi) is 2.53. The van der Waals surface area contributed by atoms with Crippen LogP contribution in [0.15, 0.2) is 0 Å². The minimum atomic E-state index is 0.334. The van der Waals surface area contributed by atoms with Crippen molar-refractivity contribution in [3.63, 3.8) is 0 Å². The molecule has 2 aliphatic carbocycles. The quantitative estimate of drug-likeness (QED) is 0.896. The predicted octanol–water partition coefficient (Wildman–Crippen LogP) is 3.27. The van der Waals surface area contributed by atoms with Gasteiger partial charge < -0.3 is 5.32 Å². The van der Waals surface area contributed by atoms with Crippen molar-refractivity contribution in [1.29, 1.82) is 5.26 Å². The average Bonchev–Trinajstić information content (AvgIpc) is 3.14. The van der Waals surface area contributed by atoms with Crippen molar-refractivity contribution in [2.75, 3.05) is 5.32 Å². The van der Waals surface area contributed by atoms with E-state index in [1.54, 1.807) is 0 Å². The van der Waals surface area contributed by atoms with E-state index < -0.39 is 0 Å². The van der Waals surface area contributed by atoms with E-state index in [1.165, 1.54) is 37.2 Å². The molecule has 1 N–H and O–H groups in total. The monoisotopic (exact) mass is 253 g/mol. The first kappa shape index (κ1) is 10.4. The topological polar surface area (TPSA) is 48.7 Å². The molecular weight excluding hydrogens is 242 g/mol. The van der Waals surface area contributed by atoms with Crippen LogP contribution in [0.3, 0.4) is 0 Å². The maximum absolute atomic E-state index is 9.00. The lowest BCUT2D eigenvalue weighted by Crippen LogP contribution is -2.24. The smallest absolute Gasteiger partial charge is 0.162 e. The van der Waals surface area contributed by atoms with Gasteiger partial charge in [0.2, 0.25) is 0 Å². The molecule has 84 valence electrons. The third kappa shape index (κ3) is 1.90. The summed E-state index contributed by atoms with van der Waals surface area (Å²) in [7, 11) is 0. The Balaban J connectivity index is 1.79. The van der Waals surface area contributed by atoms with Crippen LogP contribution in [0.5, 0.6) is 0 Å². The van der Waals surface area contributed by atoms with Crippen molar-refractivity contribution in [3.8, 4) is 6.07 Å². The van der Waals surface area contributed by atoms with Gasteiger partial charge in [0.25, 0.3) is 0 Å². The standard InChI is InChI=1S/C11H12ClN3S/c12-10-8(5-13)11(16-15-10)14-9(6-1-2-6)7-3-4-7/h6-7,9,14H,1-4H2. The first-order chi connectivity index (χ1) is 7.79. The number of nitrogens with one attached hydrogen (secondary N) is 1. The normalized spacial score (nSPS) is 19.8. The second-order valence-electron chi connectivity index (χ2n) is 4.63. The zero-order valence-corrected chi connectivity index (χ0v) is 10.3. The maximum atomic E-state index is 9.00. The summed E-state index contributed by atoms with van der Waals surface area (Å²) in [5.41, 5.74) is 0.512. The first-order valence-electron chi connectivity index (χ1n) is 5.61. The van der Waals surface area contributed by atoms with E-state index in [0.29, 0.717) is 16.8 Å². The van der Waals surface area contributed by atoms with Gasteiger partial charge in [0, 0.05) is 6.04 Å². The van der Waals surface area contributed by atoms with Gasteiger partial charge in [-0.3, -0.25) is 0 Å². The Morgan fingerprint density at radius 2 is 2.00 bits per heavy atom. The van der Waals surface area contributed by atoms with Crippen LogP contribution >= 0.6 is 23.1 Å². The molecule has 3 nitrogen and oxygen atoms in total. The van der Waals surface area contributed by atoms with Gasteiger partial charge in [-0.1, -0.05) is 11.6 Å². The summed E-state index contributed by atoms with van der Waals surface area (Å²) in [5, 5.41) is 13.7. The number of hydrogen-bond acceptors (Lipinski definition) is 4. The molecule has 0 unspecified atom stereocenters. The Morgan fingerprint density at radius 1 is 1.38 bits per heavy atom. The van der Waals surface area contributed by atoms with Gasteiger partial charge in [0.15, 0.2) is 5.15 Å². The minimum Gasteiger partial charge on any atom is -0.371 e. The lowest BCUT2D eigenvalue weighted by atomic mass is 10.1. The summed E-state index contributed by atoms with van der Waals surface area (Å²) in [6.45, 7) is 0. The maximum Gasteiger partial charge on any atom is 0.162 e.